The minimum Gasteiger partial charge on any atom is -0.465 e. The normalized spacial score (nSPS) is 16.6. The molecule has 1 saturated carbocycles. The Bertz CT molecular complexity index is 239. The Morgan fingerprint density at radius 2 is 2.06 bits per heavy atom. The number of nitrogens with zero attached hydrogens (tertiary/aromatic N) is 1. The first kappa shape index (κ1) is 13.3. The van der Waals surface area contributed by atoms with E-state index in [2.05, 4.69) is 0 Å². The van der Waals surface area contributed by atoms with E-state index in [0.717, 1.165) is 12.8 Å². The Kier molecular flexibility index (Phi) is 4.58. The van der Waals surface area contributed by atoms with E-state index in [9.17, 15) is 18.0 Å². The van der Waals surface area contributed by atoms with Crippen LogP contribution in [-0.4, -0.2) is 42.8 Å². The van der Waals surface area contributed by atoms with Gasteiger partial charge in [-0.05, 0) is 19.8 Å². The van der Waals surface area contributed by atoms with Gasteiger partial charge in [0.1, 0.15) is 0 Å². The van der Waals surface area contributed by atoms with E-state index < -0.39 is 18.6 Å². The molecule has 0 heterocycles. The van der Waals surface area contributed by atoms with Crippen LogP contribution < -0.4 is 0 Å². The van der Waals surface area contributed by atoms with Gasteiger partial charge in [-0.3, -0.25) is 9.69 Å². The molecule has 0 amide bonds. The number of halogens is 3. The summed E-state index contributed by atoms with van der Waals surface area (Å²) in [6, 6.07) is 0.131. The molecule has 94 valence electrons. The quantitative estimate of drug-likeness (QED) is 0.664. The average Bonchev–Trinajstić information content (AvgIpc) is 2.94. The van der Waals surface area contributed by atoms with E-state index in [1.165, 1.54) is 0 Å². The van der Waals surface area contributed by atoms with Gasteiger partial charge in [0, 0.05) is 12.6 Å². The standard InChI is InChI=1S/C10H16F3NO2/c1-2-16-9(15)7-14(8-3-4-8)6-5-10(11,12)13/h8H,2-7H2,1H3. The van der Waals surface area contributed by atoms with Crippen molar-refractivity contribution in [2.45, 2.75) is 38.4 Å². The van der Waals surface area contributed by atoms with Gasteiger partial charge in [0.2, 0.25) is 0 Å². The van der Waals surface area contributed by atoms with Crippen LogP contribution in [0.25, 0.3) is 0 Å². The zero-order valence-electron chi connectivity index (χ0n) is 9.22. The number of hydrogen-bond acceptors (Lipinski definition) is 3. The second-order valence-corrected chi connectivity index (χ2v) is 3.87. The largest absolute Gasteiger partial charge is 0.465 e. The molecule has 1 aliphatic carbocycles. The van der Waals surface area contributed by atoms with E-state index in [0.29, 0.717) is 0 Å². The van der Waals surface area contributed by atoms with Gasteiger partial charge in [-0.25, -0.2) is 0 Å². The van der Waals surface area contributed by atoms with Gasteiger partial charge in [0.05, 0.1) is 19.6 Å². The third kappa shape index (κ3) is 5.34. The Morgan fingerprint density at radius 1 is 1.44 bits per heavy atom. The first-order chi connectivity index (χ1) is 7.42. The van der Waals surface area contributed by atoms with Crippen molar-refractivity contribution in [2.24, 2.45) is 0 Å². The van der Waals surface area contributed by atoms with Crippen molar-refractivity contribution in [2.75, 3.05) is 19.7 Å². The maximum Gasteiger partial charge on any atom is 0.390 e. The molecule has 16 heavy (non-hydrogen) atoms. The molecule has 0 atom stereocenters. The van der Waals surface area contributed by atoms with Crippen molar-refractivity contribution in [3.05, 3.63) is 0 Å². The third-order valence-corrected chi connectivity index (χ3v) is 2.38. The molecule has 1 fully saturated rings. The molecule has 0 aromatic carbocycles. The molecule has 0 saturated heterocycles. The van der Waals surface area contributed by atoms with Crippen molar-refractivity contribution in [1.29, 1.82) is 0 Å². The molecule has 0 aliphatic heterocycles. The molecular weight excluding hydrogens is 223 g/mol. The monoisotopic (exact) mass is 239 g/mol. The van der Waals surface area contributed by atoms with Crippen LogP contribution in [0, 0.1) is 0 Å². The Hall–Kier alpha value is -0.780. The summed E-state index contributed by atoms with van der Waals surface area (Å²) in [7, 11) is 0. The number of carbonyl (C=O) groups is 1. The highest BCUT2D eigenvalue weighted by atomic mass is 19.4. The van der Waals surface area contributed by atoms with Crippen molar-refractivity contribution < 1.29 is 22.7 Å². The average molecular weight is 239 g/mol. The zero-order chi connectivity index (χ0) is 12.2. The van der Waals surface area contributed by atoms with E-state index >= 15 is 0 Å². The fraction of sp³-hybridized carbons (Fsp3) is 0.900. The first-order valence-corrected chi connectivity index (χ1v) is 5.39. The number of alkyl halides is 3. The number of esters is 1. The summed E-state index contributed by atoms with van der Waals surface area (Å²) in [5.74, 6) is -0.448. The van der Waals surface area contributed by atoms with Crippen molar-refractivity contribution in [1.82, 2.24) is 4.90 Å². The zero-order valence-corrected chi connectivity index (χ0v) is 9.22. The van der Waals surface area contributed by atoms with Crippen LogP contribution in [-0.2, 0) is 9.53 Å². The second-order valence-electron chi connectivity index (χ2n) is 3.87. The number of carbonyl (C=O) groups excluding carboxylic acids is 1. The topological polar surface area (TPSA) is 29.5 Å². The van der Waals surface area contributed by atoms with E-state index in [4.69, 9.17) is 4.74 Å². The van der Waals surface area contributed by atoms with Crippen LogP contribution >= 0.6 is 0 Å². The number of hydrogen-bond donors (Lipinski definition) is 0. The number of ether oxygens (including phenoxy) is 1. The summed E-state index contributed by atoms with van der Waals surface area (Å²) in [5, 5.41) is 0. The van der Waals surface area contributed by atoms with Gasteiger partial charge in [-0.1, -0.05) is 0 Å². The van der Waals surface area contributed by atoms with Crippen LogP contribution in [0.5, 0.6) is 0 Å². The first-order valence-electron chi connectivity index (χ1n) is 5.39. The van der Waals surface area contributed by atoms with Crippen molar-refractivity contribution in [3.63, 3.8) is 0 Å². The molecule has 1 aliphatic rings. The van der Waals surface area contributed by atoms with E-state index in [-0.39, 0.29) is 25.7 Å². The lowest BCUT2D eigenvalue weighted by Crippen LogP contribution is -2.35. The molecule has 0 aromatic heterocycles. The smallest absolute Gasteiger partial charge is 0.390 e. The Labute approximate surface area is 92.5 Å². The van der Waals surface area contributed by atoms with Gasteiger partial charge in [-0.15, -0.1) is 0 Å². The van der Waals surface area contributed by atoms with E-state index in [1.807, 2.05) is 0 Å². The van der Waals surface area contributed by atoms with Crippen LogP contribution in [0.2, 0.25) is 0 Å². The third-order valence-electron chi connectivity index (χ3n) is 2.38. The minimum absolute atomic E-state index is 0.0331. The Balaban J connectivity index is 2.33. The fourth-order valence-electron chi connectivity index (χ4n) is 1.47. The van der Waals surface area contributed by atoms with Gasteiger partial charge in [0.25, 0.3) is 0 Å². The molecule has 0 N–H and O–H groups in total. The lowest BCUT2D eigenvalue weighted by molar-refractivity contribution is -0.149. The summed E-state index contributed by atoms with van der Waals surface area (Å²) >= 11 is 0. The lowest BCUT2D eigenvalue weighted by atomic mass is 10.3. The SMILES string of the molecule is CCOC(=O)CN(CCC(F)(F)F)C1CC1. The van der Waals surface area contributed by atoms with Crippen LogP contribution in [0.15, 0.2) is 0 Å². The van der Waals surface area contributed by atoms with Crippen molar-refractivity contribution in [3.8, 4) is 0 Å². The summed E-state index contributed by atoms with van der Waals surface area (Å²) in [6.45, 7) is 1.78. The molecular formula is C10H16F3NO2. The van der Waals surface area contributed by atoms with E-state index in [1.54, 1.807) is 11.8 Å². The van der Waals surface area contributed by atoms with Crippen molar-refractivity contribution >= 4 is 5.97 Å². The Morgan fingerprint density at radius 3 is 2.50 bits per heavy atom. The predicted molar refractivity (Wildman–Crippen MR) is 51.9 cm³/mol. The highest BCUT2D eigenvalue weighted by molar-refractivity contribution is 5.71. The molecule has 0 bridgehead atoms. The second kappa shape index (κ2) is 5.52. The minimum atomic E-state index is -4.16. The predicted octanol–water partition coefficient (Wildman–Crippen LogP) is 1.97. The molecule has 0 spiro atoms. The maximum atomic E-state index is 12.0. The lowest BCUT2D eigenvalue weighted by Gasteiger charge is -2.21. The van der Waals surface area contributed by atoms with Gasteiger partial charge < -0.3 is 4.74 Å². The van der Waals surface area contributed by atoms with Gasteiger partial charge >= 0.3 is 12.1 Å². The summed E-state index contributed by atoms with van der Waals surface area (Å²) in [5.41, 5.74) is 0. The van der Waals surface area contributed by atoms with Crippen LogP contribution in [0.1, 0.15) is 26.2 Å². The van der Waals surface area contributed by atoms with Crippen LogP contribution in [0.4, 0.5) is 13.2 Å². The highest BCUT2D eigenvalue weighted by Gasteiger charge is 2.34. The molecule has 0 unspecified atom stereocenters. The summed E-state index contributed by atoms with van der Waals surface area (Å²) in [6.07, 6.45) is -3.29. The summed E-state index contributed by atoms with van der Waals surface area (Å²) < 4.78 is 40.8. The molecule has 6 heteroatoms. The molecule has 1 rings (SSSR count). The molecule has 0 aromatic rings. The fourth-order valence-corrected chi connectivity index (χ4v) is 1.47. The van der Waals surface area contributed by atoms with Crippen LogP contribution in [0.3, 0.4) is 0 Å². The van der Waals surface area contributed by atoms with Gasteiger partial charge in [-0.2, -0.15) is 13.2 Å². The highest BCUT2D eigenvalue weighted by Crippen LogP contribution is 2.28. The van der Waals surface area contributed by atoms with Gasteiger partial charge in [0.15, 0.2) is 0 Å². The molecule has 3 nitrogen and oxygen atoms in total. The molecule has 0 radical (unpaired) electrons. The summed E-state index contributed by atoms with van der Waals surface area (Å²) in [4.78, 5) is 12.7. The number of rotatable bonds is 6. The maximum absolute atomic E-state index is 12.0.